The first-order valence-corrected chi connectivity index (χ1v) is 13.9. The van der Waals surface area contributed by atoms with Crippen molar-refractivity contribution in [1.82, 2.24) is 0 Å². The molecule has 3 aliphatic carbocycles. The van der Waals surface area contributed by atoms with E-state index in [9.17, 15) is 13.0 Å². The van der Waals surface area contributed by atoms with E-state index in [4.69, 9.17) is 0 Å². The molecule has 2 fully saturated rings. The maximum absolute atomic E-state index is 11.5. The van der Waals surface area contributed by atoms with Crippen molar-refractivity contribution < 1.29 is 13.0 Å². The summed E-state index contributed by atoms with van der Waals surface area (Å²) < 4.78 is 32.3. The Morgan fingerprint density at radius 2 is 1.37 bits per heavy atom. The highest BCUT2D eigenvalue weighted by atomic mass is 32.2. The first-order chi connectivity index (χ1) is 13.0. The van der Waals surface area contributed by atoms with Crippen molar-refractivity contribution in [2.24, 2.45) is 0 Å². The summed E-state index contributed by atoms with van der Waals surface area (Å²) in [5.74, 6) is 0. The van der Waals surface area contributed by atoms with Crippen LogP contribution in [-0.2, 0) is 23.0 Å². The van der Waals surface area contributed by atoms with E-state index in [1.165, 1.54) is 76.2 Å². The van der Waals surface area contributed by atoms with E-state index in [0.29, 0.717) is 0 Å². The fraction of sp³-hybridized carbons (Fsp3) is 0.727. The minimum atomic E-state index is -4.10. The Bertz CT molecular complexity index is 731. The summed E-state index contributed by atoms with van der Waals surface area (Å²) in [6.45, 7) is 0. The van der Waals surface area contributed by atoms with Gasteiger partial charge in [-0.2, -0.15) is 8.42 Å². The first kappa shape index (κ1) is 19.9. The van der Waals surface area contributed by atoms with Crippen LogP contribution in [0, 0.1) is 0 Å². The molecule has 1 unspecified atom stereocenters. The van der Waals surface area contributed by atoms with Gasteiger partial charge in [-0.05, 0) is 85.2 Å². The molecule has 150 valence electrons. The standard InChI is InChI=1S/C22H33O3PS/c23-27(24,25)22-14-12-17-15-21(13-11-18(17)16-22)26(19-7-3-1-4-8-19)20-9-5-2-6-10-20/h12,14,16,19-21H,1-11,13,15H2,(H,23,24,25). The third-order valence-corrected chi connectivity index (χ3v) is 11.9. The van der Waals surface area contributed by atoms with Gasteiger partial charge in [-0.25, -0.2) is 0 Å². The van der Waals surface area contributed by atoms with Crippen LogP contribution in [0.4, 0.5) is 0 Å². The molecule has 0 aromatic heterocycles. The van der Waals surface area contributed by atoms with Gasteiger partial charge in [0.1, 0.15) is 0 Å². The summed E-state index contributed by atoms with van der Waals surface area (Å²) in [7, 11) is -4.03. The van der Waals surface area contributed by atoms with E-state index in [1.54, 1.807) is 12.1 Å². The minimum Gasteiger partial charge on any atom is -0.282 e. The molecule has 27 heavy (non-hydrogen) atoms. The lowest BCUT2D eigenvalue weighted by atomic mass is 9.91. The number of aryl methyl sites for hydroxylation is 1. The Balaban J connectivity index is 1.56. The van der Waals surface area contributed by atoms with Crippen LogP contribution in [0.1, 0.15) is 81.8 Å². The zero-order valence-electron chi connectivity index (χ0n) is 16.3. The second-order valence-electron chi connectivity index (χ2n) is 8.83. The number of benzene rings is 1. The number of rotatable bonds is 4. The van der Waals surface area contributed by atoms with Gasteiger partial charge >= 0.3 is 0 Å². The van der Waals surface area contributed by atoms with Crippen LogP contribution in [0.15, 0.2) is 23.1 Å². The molecule has 1 aromatic rings. The molecular formula is C22H33O3PS. The van der Waals surface area contributed by atoms with E-state index >= 15 is 0 Å². The van der Waals surface area contributed by atoms with Crippen LogP contribution in [0.2, 0.25) is 0 Å². The van der Waals surface area contributed by atoms with Gasteiger partial charge in [-0.15, -0.1) is 0 Å². The smallest absolute Gasteiger partial charge is 0.282 e. The van der Waals surface area contributed by atoms with Crippen LogP contribution < -0.4 is 0 Å². The Morgan fingerprint density at radius 3 is 1.93 bits per heavy atom. The molecule has 0 heterocycles. The van der Waals surface area contributed by atoms with Gasteiger partial charge in [0.05, 0.1) is 4.90 Å². The average molecular weight is 409 g/mol. The molecule has 0 saturated heterocycles. The van der Waals surface area contributed by atoms with Gasteiger partial charge in [0.15, 0.2) is 0 Å². The van der Waals surface area contributed by atoms with Crippen LogP contribution in [0.3, 0.4) is 0 Å². The van der Waals surface area contributed by atoms with Crippen molar-refractivity contribution in [2.75, 3.05) is 0 Å². The van der Waals surface area contributed by atoms with Gasteiger partial charge in [0.2, 0.25) is 0 Å². The second-order valence-corrected chi connectivity index (χ2v) is 13.3. The highest BCUT2D eigenvalue weighted by Gasteiger charge is 2.37. The molecule has 3 aliphatic rings. The van der Waals surface area contributed by atoms with Crippen LogP contribution in [-0.4, -0.2) is 29.9 Å². The van der Waals surface area contributed by atoms with Crippen LogP contribution in [0.25, 0.3) is 0 Å². The lowest BCUT2D eigenvalue weighted by molar-refractivity contribution is 0.477. The molecule has 0 spiro atoms. The molecular weight excluding hydrogens is 375 g/mol. The molecule has 0 radical (unpaired) electrons. The Hall–Kier alpha value is -0.440. The fourth-order valence-electron chi connectivity index (χ4n) is 5.78. The zero-order valence-corrected chi connectivity index (χ0v) is 18.0. The Labute approximate surface area is 165 Å². The zero-order chi connectivity index (χ0) is 18.9. The lowest BCUT2D eigenvalue weighted by Crippen LogP contribution is -2.30. The summed E-state index contributed by atoms with van der Waals surface area (Å²) in [5, 5.41) is 0. The van der Waals surface area contributed by atoms with E-state index in [1.807, 2.05) is 6.07 Å². The van der Waals surface area contributed by atoms with E-state index in [-0.39, 0.29) is 12.8 Å². The maximum atomic E-state index is 11.5. The molecule has 3 nitrogen and oxygen atoms in total. The first-order valence-electron chi connectivity index (χ1n) is 10.9. The summed E-state index contributed by atoms with van der Waals surface area (Å²) in [4.78, 5) is 0.0570. The lowest BCUT2D eigenvalue weighted by Gasteiger charge is -2.44. The normalized spacial score (nSPS) is 25.5. The van der Waals surface area contributed by atoms with Gasteiger partial charge in [-0.3, -0.25) is 4.55 Å². The van der Waals surface area contributed by atoms with Crippen molar-refractivity contribution in [3.63, 3.8) is 0 Å². The summed E-state index contributed by atoms with van der Waals surface area (Å²) in [6, 6.07) is 5.28. The molecule has 4 rings (SSSR count). The highest BCUT2D eigenvalue weighted by molar-refractivity contribution is 7.85. The number of fused-ring (bicyclic) bond motifs is 1. The molecule has 1 N–H and O–H groups in total. The van der Waals surface area contributed by atoms with Crippen molar-refractivity contribution >= 4 is 18.0 Å². The topological polar surface area (TPSA) is 54.4 Å². The predicted molar refractivity (Wildman–Crippen MR) is 113 cm³/mol. The van der Waals surface area contributed by atoms with Crippen molar-refractivity contribution in [2.45, 2.75) is 105 Å². The summed E-state index contributed by atoms with van der Waals surface area (Å²) >= 11 is 0. The fourth-order valence-corrected chi connectivity index (χ4v) is 10.9. The summed E-state index contributed by atoms with van der Waals surface area (Å²) in [5.41, 5.74) is 5.23. The molecule has 2 saturated carbocycles. The van der Waals surface area contributed by atoms with Crippen LogP contribution >= 0.6 is 7.92 Å². The van der Waals surface area contributed by atoms with E-state index in [2.05, 4.69) is 0 Å². The average Bonchev–Trinajstić information content (AvgIpc) is 2.69. The van der Waals surface area contributed by atoms with Gasteiger partial charge in [0.25, 0.3) is 10.1 Å². The highest BCUT2D eigenvalue weighted by Crippen LogP contribution is 2.61. The second kappa shape index (κ2) is 8.51. The third kappa shape index (κ3) is 4.60. The number of hydrogen-bond donors (Lipinski definition) is 1. The molecule has 1 aromatic carbocycles. The Kier molecular flexibility index (Phi) is 6.26. The molecule has 0 aliphatic heterocycles. The van der Waals surface area contributed by atoms with Gasteiger partial charge in [-0.1, -0.05) is 52.5 Å². The Morgan fingerprint density at radius 1 is 0.778 bits per heavy atom. The minimum absolute atomic E-state index is 0.0570. The monoisotopic (exact) mass is 408 g/mol. The quantitative estimate of drug-likeness (QED) is 0.496. The van der Waals surface area contributed by atoms with Gasteiger partial charge in [0, 0.05) is 0 Å². The molecule has 5 heteroatoms. The SMILES string of the molecule is O=S(=O)(O)c1ccc2c(c1)CCC(P(C1CCCCC1)C1CCCCC1)C2. The van der Waals surface area contributed by atoms with Crippen molar-refractivity contribution in [3.8, 4) is 0 Å². The number of hydrogen-bond acceptors (Lipinski definition) is 2. The molecule has 0 bridgehead atoms. The van der Waals surface area contributed by atoms with Crippen LogP contribution in [0.5, 0.6) is 0 Å². The van der Waals surface area contributed by atoms with Gasteiger partial charge < -0.3 is 0 Å². The van der Waals surface area contributed by atoms with Crippen molar-refractivity contribution in [3.05, 3.63) is 29.3 Å². The third-order valence-electron chi connectivity index (χ3n) is 7.09. The molecule has 1 atom stereocenters. The predicted octanol–water partition coefficient (Wildman–Crippen LogP) is 5.94. The largest absolute Gasteiger partial charge is 0.294 e. The molecule has 0 amide bonds. The van der Waals surface area contributed by atoms with E-state index < -0.39 is 10.1 Å². The maximum Gasteiger partial charge on any atom is 0.294 e. The van der Waals surface area contributed by atoms with Crippen molar-refractivity contribution in [1.29, 1.82) is 0 Å². The summed E-state index contributed by atoms with van der Waals surface area (Å²) in [6.07, 6.45) is 17.7. The van der Waals surface area contributed by atoms with E-state index in [0.717, 1.165) is 35.4 Å².